The lowest BCUT2D eigenvalue weighted by molar-refractivity contribution is -0.115. The zero-order valence-electron chi connectivity index (χ0n) is 13.0. The van der Waals surface area contributed by atoms with E-state index in [-0.39, 0.29) is 5.91 Å². The lowest BCUT2D eigenvalue weighted by Gasteiger charge is -2.26. The Morgan fingerprint density at radius 3 is 2.86 bits per heavy atom. The molecular weight excluding hydrogens is 294 g/mol. The van der Waals surface area contributed by atoms with Crippen molar-refractivity contribution in [1.82, 2.24) is 10.2 Å². The summed E-state index contributed by atoms with van der Waals surface area (Å²) >= 11 is 2.03. The highest BCUT2D eigenvalue weighted by molar-refractivity contribution is 7.99. The van der Waals surface area contributed by atoms with Gasteiger partial charge in [0.05, 0.1) is 6.54 Å². The number of rotatable bonds is 7. The molecule has 0 atom stereocenters. The highest BCUT2D eigenvalue weighted by atomic mass is 32.2. The third-order valence-electron chi connectivity index (χ3n) is 4.14. The standard InChI is InChI=1S/C17H25N3OS/c21-17(12-18-11-14-4-5-14)19-16-3-1-2-15(10-16)13-20-6-8-22-9-7-20/h1-3,10,14,18H,4-9,11-13H2,(H,19,21). The van der Waals surface area contributed by atoms with Gasteiger partial charge in [-0.2, -0.15) is 11.8 Å². The number of hydrogen-bond donors (Lipinski definition) is 2. The van der Waals surface area contributed by atoms with Crippen molar-refractivity contribution in [3.05, 3.63) is 29.8 Å². The Labute approximate surface area is 137 Å². The zero-order valence-corrected chi connectivity index (χ0v) is 13.8. The molecule has 1 aromatic rings. The van der Waals surface area contributed by atoms with Crippen molar-refractivity contribution in [2.75, 3.05) is 43.0 Å². The summed E-state index contributed by atoms with van der Waals surface area (Å²) in [5, 5.41) is 6.21. The minimum absolute atomic E-state index is 0.0483. The Morgan fingerprint density at radius 2 is 2.09 bits per heavy atom. The second-order valence-electron chi connectivity index (χ2n) is 6.21. The fourth-order valence-electron chi connectivity index (χ4n) is 2.68. The maximum atomic E-state index is 11.9. The number of hydrogen-bond acceptors (Lipinski definition) is 4. The Morgan fingerprint density at radius 1 is 1.27 bits per heavy atom. The van der Waals surface area contributed by atoms with Gasteiger partial charge < -0.3 is 10.6 Å². The molecule has 2 fully saturated rings. The molecule has 0 radical (unpaired) electrons. The summed E-state index contributed by atoms with van der Waals surface area (Å²) in [5.74, 6) is 3.30. The summed E-state index contributed by atoms with van der Waals surface area (Å²) in [6.07, 6.45) is 2.62. The van der Waals surface area contributed by atoms with Gasteiger partial charge in [-0.15, -0.1) is 0 Å². The Hall–Kier alpha value is -1.04. The van der Waals surface area contributed by atoms with Crippen LogP contribution in [0.15, 0.2) is 24.3 Å². The number of nitrogens with one attached hydrogen (secondary N) is 2. The van der Waals surface area contributed by atoms with E-state index in [1.165, 1.54) is 29.9 Å². The van der Waals surface area contributed by atoms with Crippen LogP contribution in [0.1, 0.15) is 18.4 Å². The van der Waals surface area contributed by atoms with E-state index in [4.69, 9.17) is 0 Å². The quantitative estimate of drug-likeness (QED) is 0.808. The van der Waals surface area contributed by atoms with E-state index in [1.807, 2.05) is 23.9 Å². The highest BCUT2D eigenvalue weighted by Gasteiger charge is 2.20. The molecule has 1 heterocycles. The number of nitrogens with zero attached hydrogens (tertiary/aromatic N) is 1. The summed E-state index contributed by atoms with van der Waals surface area (Å²) in [6, 6.07) is 8.24. The fraction of sp³-hybridized carbons (Fsp3) is 0.588. The SMILES string of the molecule is O=C(CNCC1CC1)Nc1cccc(CN2CCSCC2)c1. The van der Waals surface area contributed by atoms with E-state index in [2.05, 4.69) is 27.7 Å². The van der Waals surface area contributed by atoms with E-state index in [9.17, 15) is 4.79 Å². The van der Waals surface area contributed by atoms with Crippen LogP contribution in [0.2, 0.25) is 0 Å². The van der Waals surface area contributed by atoms with Crippen LogP contribution in [0, 0.1) is 5.92 Å². The summed E-state index contributed by atoms with van der Waals surface area (Å²) in [5.41, 5.74) is 2.18. The third-order valence-corrected chi connectivity index (χ3v) is 5.08. The van der Waals surface area contributed by atoms with Gasteiger partial charge in [-0.05, 0) is 43.0 Å². The molecule has 2 aliphatic rings. The first-order valence-electron chi connectivity index (χ1n) is 8.19. The van der Waals surface area contributed by atoms with Gasteiger partial charge in [-0.1, -0.05) is 12.1 Å². The maximum Gasteiger partial charge on any atom is 0.238 e. The first kappa shape index (κ1) is 15.8. The number of thioether (sulfide) groups is 1. The molecule has 2 N–H and O–H groups in total. The molecule has 1 saturated carbocycles. The summed E-state index contributed by atoms with van der Waals surface area (Å²) in [4.78, 5) is 14.4. The lowest BCUT2D eigenvalue weighted by Crippen LogP contribution is -2.32. The molecule has 1 saturated heterocycles. The average molecular weight is 319 g/mol. The van der Waals surface area contributed by atoms with Crippen LogP contribution >= 0.6 is 11.8 Å². The number of anilines is 1. The minimum atomic E-state index is 0.0483. The van der Waals surface area contributed by atoms with Crippen molar-refractivity contribution in [3.8, 4) is 0 Å². The monoisotopic (exact) mass is 319 g/mol. The van der Waals surface area contributed by atoms with Crippen LogP contribution in [0.25, 0.3) is 0 Å². The van der Waals surface area contributed by atoms with Crippen LogP contribution in [-0.4, -0.2) is 48.5 Å². The van der Waals surface area contributed by atoms with E-state index in [0.717, 1.165) is 37.8 Å². The van der Waals surface area contributed by atoms with Gasteiger partial charge >= 0.3 is 0 Å². The fourth-order valence-corrected chi connectivity index (χ4v) is 3.66. The van der Waals surface area contributed by atoms with Crippen molar-refractivity contribution in [1.29, 1.82) is 0 Å². The summed E-state index contributed by atoms with van der Waals surface area (Å²) in [6.45, 7) is 4.67. The molecule has 4 nitrogen and oxygen atoms in total. The molecule has 3 rings (SSSR count). The molecule has 120 valence electrons. The minimum Gasteiger partial charge on any atom is -0.325 e. The van der Waals surface area contributed by atoms with E-state index >= 15 is 0 Å². The van der Waals surface area contributed by atoms with Gasteiger partial charge in [0.15, 0.2) is 0 Å². The number of amides is 1. The van der Waals surface area contributed by atoms with Crippen molar-refractivity contribution >= 4 is 23.4 Å². The van der Waals surface area contributed by atoms with Gasteiger partial charge in [-0.25, -0.2) is 0 Å². The number of carbonyl (C=O) groups excluding carboxylic acids is 1. The molecule has 1 amide bonds. The predicted molar refractivity (Wildman–Crippen MR) is 93.3 cm³/mol. The van der Waals surface area contributed by atoms with Crippen molar-refractivity contribution in [2.24, 2.45) is 5.92 Å². The molecule has 22 heavy (non-hydrogen) atoms. The van der Waals surface area contributed by atoms with Crippen molar-refractivity contribution in [3.63, 3.8) is 0 Å². The van der Waals surface area contributed by atoms with Crippen LogP contribution in [0.4, 0.5) is 5.69 Å². The molecule has 0 bridgehead atoms. The Balaban J connectivity index is 1.45. The highest BCUT2D eigenvalue weighted by Crippen LogP contribution is 2.27. The van der Waals surface area contributed by atoms with Gasteiger partial charge in [0.2, 0.25) is 5.91 Å². The van der Waals surface area contributed by atoms with Crippen LogP contribution in [0.5, 0.6) is 0 Å². The zero-order chi connectivity index (χ0) is 15.2. The van der Waals surface area contributed by atoms with E-state index in [0.29, 0.717) is 6.54 Å². The van der Waals surface area contributed by atoms with Crippen molar-refractivity contribution < 1.29 is 4.79 Å². The van der Waals surface area contributed by atoms with Gasteiger partial charge in [0.1, 0.15) is 0 Å². The molecular formula is C17H25N3OS. The first-order chi connectivity index (χ1) is 10.8. The Kier molecular flexibility index (Phi) is 5.76. The Bertz CT molecular complexity index is 498. The predicted octanol–water partition coefficient (Wildman–Crippen LogP) is 2.17. The molecule has 0 unspecified atom stereocenters. The normalized spacial score (nSPS) is 19.1. The summed E-state index contributed by atoms with van der Waals surface area (Å²) < 4.78 is 0. The topological polar surface area (TPSA) is 44.4 Å². The maximum absolute atomic E-state index is 11.9. The third kappa shape index (κ3) is 5.30. The van der Waals surface area contributed by atoms with E-state index < -0.39 is 0 Å². The van der Waals surface area contributed by atoms with Gasteiger partial charge in [0, 0.05) is 36.8 Å². The number of benzene rings is 1. The summed E-state index contributed by atoms with van der Waals surface area (Å²) in [7, 11) is 0. The molecule has 5 heteroatoms. The largest absolute Gasteiger partial charge is 0.325 e. The lowest BCUT2D eigenvalue weighted by atomic mass is 10.2. The molecule has 1 aliphatic carbocycles. The second-order valence-corrected chi connectivity index (χ2v) is 7.44. The molecule has 0 aromatic heterocycles. The van der Waals surface area contributed by atoms with Crippen LogP contribution < -0.4 is 10.6 Å². The molecule has 1 aliphatic heterocycles. The second kappa shape index (κ2) is 7.99. The van der Waals surface area contributed by atoms with Crippen LogP contribution in [-0.2, 0) is 11.3 Å². The average Bonchev–Trinajstić information content (AvgIpc) is 3.33. The van der Waals surface area contributed by atoms with Crippen molar-refractivity contribution in [2.45, 2.75) is 19.4 Å². The van der Waals surface area contributed by atoms with Gasteiger partial charge in [0.25, 0.3) is 0 Å². The van der Waals surface area contributed by atoms with E-state index in [1.54, 1.807) is 0 Å². The smallest absolute Gasteiger partial charge is 0.238 e. The first-order valence-corrected chi connectivity index (χ1v) is 9.35. The molecule has 0 spiro atoms. The van der Waals surface area contributed by atoms with Crippen LogP contribution in [0.3, 0.4) is 0 Å². The molecule has 1 aromatic carbocycles. The van der Waals surface area contributed by atoms with Gasteiger partial charge in [-0.3, -0.25) is 9.69 Å². The number of carbonyl (C=O) groups is 1.